The Morgan fingerprint density at radius 1 is 0.149 bits per heavy atom. The first-order chi connectivity index (χ1) is 31.0. The fourth-order valence-corrected chi connectivity index (χ4v) is 10.2. The quantitative estimate of drug-likeness (QED) is 0.152. The van der Waals surface area contributed by atoms with E-state index in [2.05, 4.69) is 186 Å². The topological polar surface area (TPSA) is 64.5 Å². The van der Waals surface area contributed by atoms with E-state index < -0.39 is 0 Å². The summed E-state index contributed by atoms with van der Waals surface area (Å²) in [6.07, 6.45) is 0. The lowest BCUT2D eigenvalue weighted by Gasteiger charge is -2.21. The van der Waals surface area contributed by atoms with Gasteiger partial charge in [-0.25, -0.2) is 19.9 Å². The summed E-state index contributed by atoms with van der Waals surface area (Å²) in [4.78, 5) is 23.2. The van der Waals surface area contributed by atoms with Gasteiger partial charge in [-0.1, -0.05) is 0 Å². The first-order valence-corrected chi connectivity index (χ1v) is 24.2. The molecule has 0 amide bonds. The molecule has 8 aromatic rings. The van der Waals surface area contributed by atoms with Crippen LogP contribution in [-0.4, -0.2) is 24.9 Å². The second-order valence-electron chi connectivity index (χ2n) is 20.1. The largest absolute Gasteiger partial charge is 0.253 e. The first-order valence-electron chi connectivity index (χ1n) is 24.2. The van der Waals surface area contributed by atoms with Gasteiger partial charge in [-0.15, -0.1) is 0 Å². The van der Waals surface area contributed by atoms with Crippen molar-refractivity contribution in [1.82, 2.24) is 24.9 Å². The zero-order valence-electron chi connectivity index (χ0n) is 46.7. The number of benzene rings is 5. The van der Waals surface area contributed by atoms with E-state index in [0.717, 1.165) is 45.2 Å². The molecule has 0 bridgehead atoms. The molecule has 354 valence electrons. The van der Waals surface area contributed by atoms with E-state index in [1.807, 2.05) is 20.8 Å². The Morgan fingerprint density at radius 3 is 0.731 bits per heavy atom. The Balaban J connectivity index is 0.000000167. The van der Waals surface area contributed by atoms with E-state index in [1.165, 1.54) is 149 Å². The van der Waals surface area contributed by atoms with Crippen LogP contribution in [0.15, 0.2) is 0 Å². The summed E-state index contributed by atoms with van der Waals surface area (Å²) in [6.45, 7) is 58.7. The van der Waals surface area contributed by atoms with Gasteiger partial charge in [0.25, 0.3) is 0 Å². The van der Waals surface area contributed by atoms with Gasteiger partial charge in [0.1, 0.15) is 5.82 Å². The lowest BCUT2D eigenvalue weighted by atomic mass is 9.83. The third-order valence-corrected chi connectivity index (χ3v) is 16.9. The van der Waals surface area contributed by atoms with Crippen molar-refractivity contribution in [3.8, 4) is 0 Å². The monoisotopic (exact) mass is 896 g/mol. The molecule has 0 radical (unpaired) electrons. The molecule has 0 fully saturated rings. The molecule has 0 atom stereocenters. The van der Waals surface area contributed by atoms with Crippen LogP contribution in [0, 0.1) is 187 Å². The summed E-state index contributed by atoms with van der Waals surface area (Å²) >= 11 is 0. The fourth-order valence-electron chi connectivity index (χ4n) is 10.2. The average Bonchev–Trinajstić information content (AvgIpc) is 3.29. The molecule has 0 spiro atoms. The van der Waals surface area contributed by atoms with Gasteiger partial charge >= 0.3 is 0 Å². The van der Waals surface area contributed by atoms with Crippen molar-refractivity contribution in [2.24, 2.45) is 0 Å². The van der Waals surface area contributed by atoms with Crippen molar-refractivity contribution in [3.63, 3.8) is 0 Å². The zero-order valence-corrected chi connectivity index (χ0v) is 46.7. The third-order valence-electron chi connectivity index (χ3n) is 16.9. The summed E-state index contributed by atoms with van der Waals surface area (Å²) in [7, 11) is 0. The number of nitrogens with zero attached hydrogens (tertiary/aromatic N) is 5. The molecule has 5 nitrogen and oxygen atoms in total. The van der Waals surface area contributed by atoms with E-state index in [4.69, 9.17) is 4.98 Å². The van der Waals surface area contributed by atoms with E-state index in [9.17, 15) is 0 Å². The van der Waals surface area contributed by atoms with Gasteiger partial charge in [0.2, 0.25) is 0 Å². The van der Waals surface area contributed by atoms with Crippen molar-refractivity contribution < 1.29 is 0 Å². The predicted molar refractivity (Wildman–Crippen MR) is 293 cm³/mol. The molecule has 0 aliphatic carbocycles. The van der Waals surface area contributed by atoms with E-state index in [-0.39, 0.29) is 0 Å². The van der Waals surface area contributed by atoms with Gasteiger partial charge in [0.15, 0.2) is 0 Å². The fraction of sp³-hybridized carbons (Fsp3) is 0.435. The van der Waals surface area contributed by atoms with Crippen molar-refractivity contribution in [3.05, 3.63) is 151 Å². The smallest absolute Gasteiger partial charge is 0.126 e. The molecule has 0 unspecified atom stereocenters. The SMILES string of the molecule is Cc1c(C)c(C)c2c(C)c(C)c(C)c(C)c2c1C.Cc1nc(C)c2c(C)c(C)c(C)c(C)c2n1.Cc1nc2c(C)c(C)c(C)c(C)c2c(C)c1C.Cc1nc2c(C)c(C)c(C)c(C)c2nc1C. The molecule has 5 heteroatoms. The first kappa shape index (κ1) is 52.4. The van der Waals surface area contributed by atoms with Gasteiger partial charge < -0.3 is 0 Å². The Hall–Kier alpha value is -5.55. The highest BCUT2D eigenvalue weighted by atomic mass is 14.9. The van der Waals surface area contributed by atoms with Gasteiger partial charge in [-0.2, -0.15) is 0 Å². The van der Waals surface area contributed by atoms with E-state index >= 15 is 0 Å². The summed E-state index contributed by atoms with van der Waals surface area (Å²) in [5.41, 5.74) is 39.0. The molecule has 3 aromatic heterocycles. The van der Waals surface area contributed by atoms with Crippen LogP contribution >= 0.6 is 0 Å². The van der Waals surface area contributed by atoms with Crippen LogP contribution in [0.3, 0.4) is 0 Å². The van der Waals surface area contributed by atoms with E-state index in [0.29, 0.717) is 0 Å². The molecule has 8 rings (SSSR count). The van der Waals surface area contributed by atoms with Gasteiger partial charge in [-0.05, 0) is 320 Å². The second-order valence-corrected chi connectivity index (χ2v) is 20.1. The number of hydrogen-bond acceptors (Lipinski definition) is 5. The lowest BCUT2D eigenvalue weighted by molar-refractivity contribution is 1.04. The summed E-state index contributed by atoms with van der Waals surface area (Å²) in [5, 5.41) is 5.55. The van der Waals surface area contributed by atoms with Crippen molar-refractivity contribution >= 4 is 43.6 Å². The molecular formula is C62H81N5. The molecule has 0 aliphatic rings. The Bertz CT molecular complexity index is 3170. The standard InChI is InChI=1S/C18H24.C16H21N.2C14H18N2/c1-9-10(2)14(6)18-16(8)12(4)11(3)15(7)17(18)13(9)5;1-8-9(2)13(6)16-15(11(8)4)12(5)10(3)14(7)17-16;1-7-8(2)10(4)14-13(9(7)3)11(5)15-12(6)16-14;1-7-8(2)10(4)14-13(9(7)3)15-11(5)12(6)16-14/h1-8H3;1-7H3;2*1-6H3. The minimum Gasteiger partial charge on any atom is -0.253 e. The summed E-state index contributed by atoms with van der Waals surface area (Å²) < 4.78 is 0. The van der Waals surface area contributed by atoms with Gasteiger partial charge in [0.05, 0.1) is 33.5 Å². The third kappa shape index (κ3) is 9.12. The maximum absolute atomic E-state index is 4.80. The van der Waals surface area contributed by atoms with Crippen LogP contribution in [0.2, 0.25) is 0 Å². The Morgan fingerprint density at radius 2 is 0.388 bits per heavy atom. The van der Waals surface area contributed by atoms with Crippen molar-refractivity contribution in [2.75, 3.05) is 0 Å². The number of rotatable bonds is 0. The summed E-state index contributed by atoms with van der Waals surface area (Å²) in [5.74, 6) is 0.857. The van der Waals surface area contributed by atoms with Crippen LogP contribution in [0.25, 0.3) is 43.6 Å². The van der Waals surface area contributed by atoms with E-state index in [1.54, 1.807) is 0 Å². The molecule has 0 aliphatic heterocycles. The molecular weight excluding hydrogens is 815 g/mol. The average molecular weight is 896 g/mol. The molecule has 67 heavy (non-hydrogen) atoms. The van der Waals surface area contributed by atoms with Crippen LogP contribution in [0.5, 0.6) is 0 Å². The molecule has 5 aromatic carbocycles. The predicted octanol–water partition coefficient (Wildman–Crippen LogP) is 16.7. The van der Waals surface area contributed by atoms with Crippen molar-refractivity contribution in [1.29, 1.82) is 0 Å². The zero-order chi connectivity index (χ0) is 50.7. The number of pyridine rings is 1. The van der Waals surface area contributed by atoms with Crippen molar-refractivity contribution in [2.45, 2.75) is 187 Å². The molecule has 0 saturated carbocycles. The molecule has 0 saturated heterocycles. The minimum absolute atomic E-state index is 0.857. The van der Waals surface area contributed by atoms with Crippen LogP contribution in [0.4, 0.5) is 0 Å². The summed E-state index contributed by atoms with van der Waals surface area (Å²) in [6, 6.07) is 0. The Kier molecular flexibility index (Phi) is 15.3. The number of hydrogen-bond donors (Lipinski definition) is 0. The molecule has 0 N–H and O–H groups in total. The second kappa shape index (κ2) is 19.6. The highest BCUT2D eigenvalue weighted by Gasteiger charge is 2.18. The highest BCUT2D eigenvalue weighted by molar-refractivity contribution is 5.97. The van der Waals surface area contributed by atoms with Crippen LogP contribution in [0.1, 0.15) is 151 Å². The highest BCUT2D eigenvalue weighted by Crippen LogP contribution is 2.37. The number of aryl methyl sites for hydroxylation is 16. The molecule has 3 heterocycles. The van der Waals surface area contributed by atoms with Crippen LogP contribution < -0.4 is 0 Å². The Labute approximate surface area is 404 Å². The minimum atomic E-state index is 0.857. The van der Waals surface area contributed by atoms with Crippen LogP contribution in [-0.2, 0) is 0 Å². The maximum Gasteiger partial charge on any atom is 0.126 e. The van der Waals surface area contributed by atoms with Gasteiger partial charge in [0, 0.05) is 22.2 Å². The maximum atomic E-state index is 4.80. The number of aromatic nitrogens is 5. The lowest BCUT2D eigenvalue weighted by Crippen LogP contribution is -2.01. The van der Waals surface area contributed by atoms with Gasteiger partial charge in [-0.3, -0.25) is 4.98 Å². The number of fused-ring (bicyclic) bond motifs is 4. The normalized spacial score (nSPS) is 11.2.